The number of carbonyl (C=O) groups is 2. The number of benzene rings is 2. The van der Waals surface area contributed by atoms with Crippen LogP contribution in [0.15, 0.2) is 48.5 Å². The highest BCUT2D eigenvalue weighted by Gasteiger charge is 2.41. The molecule has 0 saturated heterocycles. The maximum Gasteiger partial charge on any atom is 0.335 e. The van der Waals surface area contributed by atoms with Crippen molar-refractivity contribution in [2.45, 2.75) is 50.6 Å². The second-order valence-electron chi connectivity index (χ2n) is 9.23. The summed E-state index contributed by atoms with van der Waals surface area (Å²) in [5.41, 5.74) is 0.720. The summed E-state index contributed by atoms with van der Waals surface area (Å²) in [4.78, 5) is 26.8. The van der Waals surface area contributed by atoms with Gasteiger partial charge in [-0.2, -0.15) is 0 Å². The average molecular weight is 499 g/mol. The van der Waals surface area contributed by atoms with E-state index in [-0.39, 0.29) is 17.5 Å². The number of carboxylic acid groups (broad SMARTS) is 1. The van der Waals surface area contributed by atoms with E-state index in [2.05, 4.69) is 12.2 Å². The van der Waals surface area contributed by atoms with Crippen molar-refractivity contribution in [3.8, 4) is 11.5 Å². The molecule has 8 heteroatoms. The van der Waals surface area contributed by atoms with Gasteiger partial charge in [-0.05, 0) is 81.1 Å². The molecular weight excluding hydrogens is 460 g/mol. The van der Waals surface area contributed by atoms with E-state index in [0.29, 0.717) is 32.8 Å². The highest BCUT2D eigenvalue weighted by Crippen LogP contribution is 2.41. The van der Waals surface area contributed by atoms with Crippen molar-refractivity contribution in [2.75, 3.05) is 40.5 Å². The van der Waals surface area contributed by atoms with Gasteiger partial charge in [-0.3, -0.25) is 9.69 Å². The van der Waals surface area contributed by atoms with Gasteiger partial charge in [-0.25, -0.2) is 4.79 Å². The van der Waals surface area contributed by atoms with Crippen LogP contribution in [0.5, 0.6) is 11.5 Å². The zero-order valence-electron chi connectivity index (χ0n) is 21.5. The van der Waals surface area contributed by atoms with Crippen molar-refractivity contribution < 1.29 is 28.9 Å². The summed E-state index contributed by atoms with van der Waals surface area (Å²) in [6.07, 6.45) is 4.16. The summed E-state index contributed by atoms with van der Waals surface area (Å²) in [6, 6.07) is 13.9. The predicted molar refractivity (Wildman–Crippen MR) is 138 cm³/mol. The maximum absolute atomic E-state index is 13.6. The van der Waals surface area contributed by atoms with Gasteiger partial charge in [0, 0.05) is 19.8 Å². The van der Waals surface area contributed by atoms with Gasteiger partial charge in [0.1, 0.15) is 18.1 Å². The molecule has 1 atom stereocenters. The van der Waals surface area contributed by atoms with E-state index in [4.69, 9.17) is 14.2 Å². The van der Waals surface area contributed by atoms with Crippen molar-refractivity contribution in [3.05, 3.63) is 59.7 Å². The number of carboxylic acids is 1. The van der Waals surface area contributed by atoms with Crippen molar-refractivity contribution in [1.29, 1.82) is 0 Å². The van der Waals surface area contributed by atoms with E-state index in [0.717, 1.165) is 42.7 Å². The van der Waals surface area contributed by atoms with Crippen LogP contribution in [-0.2, 0) is 15.1 Å². The van der Waals surface area contributed by atoms with Gasteiger partial charge in [0.15, 0.2) is 0 Å². The Bertz CT molecular complexity index is 973. The molecule has 0 aromatic heterocycles. The molecule has 8 nitrogen and oxygen atoms in total. The predicted octanol–water partition coefficient (Wildman–Crippen LogP) is 4.08. The smallest absolute Gasteiger partial charge is 0.335 e. The summed E-state index contributed by atoms with van der Waals surface area (Å²) < 4.78 is 16.7. The number of nitrogens with zero attached hydrogens (tertiary/aromatic N) is 1. The second-order valence-corrected chi connectivity index (χ2v) is 9.23. The lowest BCUT2D eigenvalue weighted by molar-refractivity contribution is -0.130. The summed E-state index contributed by atoms with van der Waals surface area (Å²) in [6.45, 7) is 4.22. The van der Waals surface area contributed by atoms with E-state index in [1.54, 1.807) is 19.2 Å². The Kier molecular flexibility index (Phi) is 10.1. The first-order valence-corrected chi connectivity index (χ1v) is 12.6. The van der Waals surface area contributed by atoms with E-state index >= 15 is 0 Å². The summed E-state index contributed by atoms with van der Waals surface area (Å²) in [5, 5.41) is 12.5. The molecule has 0 spiro atoms. The van der Waals surface area contributed by atoms with Gasteiger partial charge in [0.2, 0.25) is 5.91 Å². The standard InChI is InChI=1S/C28H38N2O6/c1-4-18-35-19-14-25(30(2)17-20-36-24-12-10-23(34-3)11-13-24)26(31)29-28(15-5-16-28)22-8-6-21(7-9-22)27(32)33/h6-13,25H,4-5,14-20H2,1-3H3,(H,29,31)(H,32,33). The third-order valence-corrected chi connectivity index (χ3v) is 6.74. The summed E-state index contributed by atoms with van der Waals surface area (Å²) >= 11 is 0. The Labute approximate surface area is 213 Å². The van der Waals surface area contributed by atoms with Crippen molar-refractivity contribution in [1.82, 2.24) is 10.2 Å². The van der Waals surface area contributed by atoms with Crippen LogP contribution in [-0.4, -0.2) is 68.4 Å². The molecule has 2 aromatic rings. The number of likely N-dealkylation sites (N-methyl/N-ethyl adjacent to an activating group) is 1. The molecule has 1 amide bonds. The van der Waals surface area contributed by atoms with Gasteiger partial charge < -0.3 is 24.6 Å². The molecular formula is C28H38N2O6. The molecule has 2 N–H and O–H groups in total. The fourth-order valence-electron chi connectivity index (χ4n) is 4.40. The number of ether oxygens (including phenoxy) is 3. The molecule has 0 aliphatic heterocycles. The minimum Gasteiger partial charge on any atom is -0.497 e. The minimum absolute atomic E-state index is 0.0518. The monoisotopic (exact) mass is 498 g/mol. The van der Waals surface area contributed by atoms with E-state index < -0.39 is 11.5 Å². The number of carbonyl (C=O) groups excluding carboxylic acids is 1. The molecule has 3 rings (SSSR count). The Morgan fingerprint density at radius 2 is 1.69 bits per heavy atom. The van der Waals surface area contributed by atoms with Crippen molar-refractivity contribution >= 4 is 11.9 Å². The number of amides is 1. The normalized spacial score (nSPS) is 15.1. The fourth-order valence-corrected chi connectivity index (χ4v) is 4.40. The molecule has 0 heterocycles. The first kappa shape index (κ1) is 27.5. The molecule has 1 unspecified atom stereocenters. The molecule has 0 radical (unpaired) electrons. The van der Waals surface area contributed by atoms with Crippen LogP contribution in [0.2, 0.25) is 0 Å². The quantitative estimate of drug-likeness (QED) is 0.357. The van der Waals surface area contributed by atoms with Crippen LogP contribution in [0, 0.1) is 0 Å². The number of nitrogens with one attached hydrogen (secondary N) is 1. The number of hydrogen-bond acceptors (Lipinski definition) is 6. The molecule has 2 aromatic carbocycles. The lowest BCUT2D eigenvalue weighted by atomic mass is 9.71. The zero-order valence-corrected chi connectivity index (χ0v) is 21.5. The Morgan fingerprint density at radius 3 is 2.25 bits per heavy atom. The van der Waals surface area contributed by atoms with E-state index in [1.165, 1.54) is 0 Å². The Hall–Kier alpha value is -3.10. The van der Waals surface area contributed by atoms with Gasteiger partial charge in [0.25, 0.3) is 0 Å². The van der Waals surface area contributed by atoms with Crippen molar-refractivity contribution in [2.24, 2.45) is 0 Å². The molecule has 1 saturated carbocycles. The van der Waals surface area contributed by atoms with Crippen LogP contribution >= 0.6 is 0 Å². The molecule has 1 aliphatic rings. The number of rotatable bonds is 15. The van der Waals surface area contributed by atoms with Crippen LogP contribution in [0.3, 0.4) is 0 Å². The third-order valence-electron chi connectivity index (χ3n) is 6.74. The molecule has 36 heavy (non-hydrogen) atoms. The first-order chi connectivity index (χ1) is 17.4. The summed E-state index contributed by atoms with van der Waals surface area (Å²) in [5.74, 6) is 0.503. The van der Waals surface area contributed by atoms with Crippen LogP contribution in [0.1, 0.15) is 54.9 Å². The van der Waals surface area contributed by atoms with Crippen LogP contribution in [0.25, 0.3) is 0 Å². The van der Waals surface area contributed by atoms with Gasteiger partial charge in [-0.15, -0.1) is 0 Å². The van der Waals surface area contributed by atoms with Gasteiger partial charge in [-0.1, -0.05) is 19.1 Å². The first-order valence-electron chi connectivity index (χ1n) is 12.6. The van der Waals surface area contributed by atoms with E-state index in [1.807, 2.05) is 48.3 Å². The number of aromatic carboxylic acids is 1. The zero-order chi connectivity index (χ0) is 26.0. The second kappa shape index (κ2) is 13.3. The molecule has 1 aliphatic carbocycles. The number of methoxy groups -OCH3 is 1. The lowest BCUT2D eigenvalue weighted by Crippen LogP contribution is -2.56. The fraction of sp³-hybridized carbons (Fsp3) is 0.500. The van der Waals surface area contributed by atoms with Crippen molar-refractivity contribution in [3.63, 3.8) is 0 Å². The maximum atomic E-state index is 13.6. The molecule has 0 bridgehead atoms. The highest BCUT2D eigenvalue weighted by atomic mass is 16.5. The lowest BCUT2D eigenvalue weighted by Gasteiger charge is -2.44. The van der Waals surface area contributed by atoms with Crippen LogP contribution < -0.4 is 14.8 Å². The highest BCUT2D eigenvalue weighted by molar-refractivity contribution is 5.87. The summed E-state index contributed by atoms with van der Waals surface area (Å²) in [7, 11) is 3.55. The number of hydrogen-bond donors (Lipinski definition) is 2. The molecule has 1 fully saturated rings. The largest absolute Gasteiger partial charge is 0.497 e. The average Bonchev–Trinajstić information content (AvgIpc) is 2.86. The third kappa shape index (κ3) is 7.21. The van der Waals surface area contributed by atoms with Gasteiger partial charge >= 0.3 is 5.97 Å². The Morgan fingerprint density at radius 1 is 1.03 bits per heavy atom. The SMILES string of the molecule is CCCOCCC(C(=O)NC1(c2ccc(C(=O)O)cc2)CCC1)N(C)CCOc1ccc(OC)cc1. The Balaban J connectivity index is 1.64. The van der Waals surface area contributed by atoms with E-state index in [9.17, 15) is 14.7 Å². The van der Waals surface area contributed by atoms with Crippen LogP contribution in [0.4, 0.5) is 0 Å². The topological polar surface area (TPSA) is 97.3 Å². The molecule has 196 valence electrons. The van der Waals surface area contributed by atoms with Gasteiger partial charge in [0.05, 0.1) is 24.3 Å². The minimum atomic E-state index is -0.959.